The van der Waals surface area contributed by atoms with E-state index in [9.17, 15) is 9.59 Å². The first-order chi connectivity index (χ1) is 13.8. The third-order valence-corrected chi connectivity index (χ3v) is 4.51. The molecule has 0 saturated carbocycles. The van der Waals surface area contributed by atoms with E-state index in [1.807, 2.05) is 56.3 Å². The number of nitrogens with one attached hydrogen (secondary N) is 3. The van der Waals surface area contributed by atoms with Gasteiger partial charge in [0.2, 0.25) is 11.8 Å². The molecule has 7 nitrogen and oxygen atoms in total. The molecule has 2 aromatic rings. The van der Waals surface area contributed by atoms with E-state index in [0.717, 1.165) is 35.8 Å². The lowest BCUT2D eigenvalue weighted by molar-refractivity contribution is -0.134. The van der Waals surface area contributed by atoms with Crippen LogP contribution < -0.4 is 16.0 Å². The molecule has 3 rings (SSSR count). The van der Waals surface area contributed by atoms with Crippen LogP contribution in [0.5, 0.6) is 0 Å². The van der Waals surface area contributed by atoms with Crippen molar-refractivity contribution in [3.05, 3.63) is 59.2 Å². The van der Waals surface area contributed by atoms with Crippen molar-refractivity contribution in [2.24, 2.45) is 0 Å². The summed E-state index contributed by atoms with van der Waals surface area (Å²) in [5, 5.41) is 16.4. The Kier molecular flexibility index (Phi) is 7.77. The van der Waals surface area contributed by atoms with Crippen molar-refractivity contribution in [1.82, 2.24) is 5.32 Å². The minimum atomic E-state index is -0.833. The summed E-state index contributed by atoms with van der Waals surface area (Å²) in [4.78, 5) is 33.4. The Morgan fingerprint density at radius 2 is 1.66 bits per heavy atom. The zero-order valence-corrected chi connectivity index (χ0v) is 16.9. The normalized spacial score (nSPS) is 14.4. The van der Waals surface area contributed by atoms with Gasteiger partial charge in [-0.3, -0.25) is 14.4 Å². The van der Waals surface area contributed by atoms with Crippen molar-refractivity contribution in [3.63, 3.8) is 0 Å². The van der Waals surface area contributed by atoms with E-state index < -0.39 is 12.0 Å². The second kappa shape index (κ2) is 10.3. The van der Waals surface area contributed by atoms with Crippen LogP contribution in [0.2, 0.25) is 0 Å². The van der Waals surface area contributed by atoms with Crippen molar-refractivity contribution in [2.45, 2.75) is 39.7 Å². The summed E-state index contributed by atoms with van der Waals surface area (Å²) in [6.07, 6.45) is 0.894. The van der Waals surface area contributed by atoms with E-state index in [2.05, 4.69) is 16.0 Å². The molecule has 0 aromatic heterocycles. The van der Waals surface area contributed by atoms with Crippen LogP contribution in [0.1, 0.15) is 30.0 Å². The number of aliphatic carboxylic acids is 1. The number of aryl methyl sites for hydroxylation is 2. The van der Waals surface area contributed by atoms with Gasteiger partial charge in [0.15, 0.2) is 0 Å². The number of benzene rings is 2. The van der Waals surface area contributed by atoms with E-state index in [0.29, 0.717) is 6.54 Å². The number of hydrogen-bond acceptors (Lipinski definition) is 4. The van der Waals surface area contributed by atoms with Crippen LogP contribution in [0.25, 0.3) is 0 Å². The van der Waals surface area contributed by atoms with Gasteiger partial charge >= 0.3 is 0 Å². The molecule has 2 amide bonds. The molecule has 154 valence electrons. The van der Waals surface area contributed by atoms with Gasteiger partial charge in [-0.15, -0.1) is 0 Å². The molecule has 0 bridgehead atoms. The van der Waals surface area contributed by atoms with E-state index in [1.165, 1.54) is 5.56 Å². The van der Waals surface area contributed by atoms with Gasteiger partial charge in [0.1, 0.15) is 6.04 Å². The SMILES string of the molecule is CC(=O)O.Cc1cc2c(cc1C)NC(CC(=O)NCCc1ccccc1)C(=O)N2. The molecular weight excluding hydrogens is 370 g/mol. The molecule has 0 fully saturated rings. The summed E-state index contributed by atoms with van der Waals surface area (Å²) < 4.78 is 0. The van der Waals surface area contributed by atoms with Crippen LogP contribution in [0.3, 0.4) is 0 Å². The maximum absolute atomic E-state index is 12.2. The van der Waals surface area contributed by atoms with Crippen LogP contribution in [-0.2, 0) is 20.8 Å². The zero-order chi connectivity index (χ0) is 21.4. The van der Waals surface area contributed by atoms with Crippen LogP contribution in [0.4, 0.5) is 11.4 Å². The molecule has 1 atom stereocenters. The van der Waals surface area contributed by atoms with E-state index in [-0.39, 0.29) is 18.2 Å². The number of amides is 2. The van der Waals surface area contributed by atoms with Crippen LogP contribution >= 0.6 is 0 Å². The second-order valence-electron chi connectivity index (χ2n) is 6.98. The lowest BCUT2D eigenvalue weighted by Gasteiger charge is -2.27. The molecule has 29 heavy (non-hydrogen) atoms. The molecule has 1 aliphatic rings. The number of fused-ring (bicyclic) bond motifs is 1. The summed E-state index contributed by atoms with van der Waals surface area (Å²) in [5.74, 6) is -1.13. The smallest absolute Gasteiger partial charge is 0.300 e. The van der Waals surface area contributed by atoms with Crippen molar-refractivity contribution in [3.8, 4) is 0 Å². The summed E-state index contributed by atoms with van der Waals surface area (Å²) >= 11 is 0. The first-order valence-electron chi connectivity index (χ1n) is 9.45. The van der Waals surface area contributed by atoms with Gasteiger partial charge in [-0.2, -0.15) is 0 Å². The molecule has 4 N–H and O–H groups in total. The Morgan fingerprint density at radius 1 is 1.07 bits per heavy atom. The molecule has 0 spiro atoms. The Hall–Kier alpha value is -3.35. The molecule has 0 saturated heterocycles. The largest absolute Gasteiger partial charge is 0.481 e. The van der Waals surface area contributed by atoms with E-state index in [1.54, 1.807) is 0 Å². The first-order valence-corrected chi connectivity index (χ1v) is 9.45. The highest BCUT2D eigenvalue weighted by Gasteiger charge is 2.27. The van der Waals surface area contributed by atoms with Gasteiger partial charge in [0.05, 0.1) is 17.8 Å². The molecule has 0 aliphatic carbocycles. The van der Waals surface area contributed by atoms with Crippen molar-refractivity contribution in [2.75, 3.05) is 17.2 Å². The third kappa shape index (κ3) is 6.95. The standard InChI is InChI=1S/C20H23N3O2.C2H4O2/c1-13-10-16-17(11-14(13)2)23-20(25)18(22-16)12-19(24)21-9-8-15-6-4-3-5-7-15;1-2(3)4/h3-7,10-11,18,22H,8-9,12H2,1-2H3,(H,21,24)(H,23,25);1H3,(H,3,4). The van der Waals surface area contributed by atoms with Gasteiger partial charge in [-0.25, -0.2) is 0 Å². The number of carboxylic acids is 1. The number of carbonyl (C=O) groups is 3. The van der Waals surface area contributed by atoms with Crippen LogP contribution in [-0.4, -0.2) is 35.5 Å². The topological polar surface area (TPSA) is 108 Å². The summed E-state index contributed by atoms with van der Waals surface area (Å²) in [6, 6.07) is 13.4. The Morgan fingerprint density at radius 3 is 2.28 bits per heavy atom. The fraction of sp³-hybridized carbons (Fsp3) is 0.318. The number of carbonyl (C=O) groups excluding carboxylic acids is 2. The van der Waals surface area contributed by atoms with Crippen LogP contribution in [0, 0.1) is 13.8 Å². The molecular formula is C22H27N3O4. The van der Waals surface area contributed by atoms with Gasteiger partial charge in [-0.05, 0) is 49.1 Å². The highest BCUT2D eigenvalue weighted by molar-refractivity contribution is 6.05. The Labute approximate surface area is 170 Å². The number of rotatable bonds is 5. The number of anilines is 2. The Balaban J connectivity index is 0.000000687. The Bertz CT molecular complexity index is 877. The lowest BCUT2D eigenvalue weighted by atomic mass is 10.0. The predicted molar refractivity (Wildman–Crippen MR) is 113 cm³/mol. The molecule has 7 heteroatoms. The maximum atomic E-state index is 12.2. The lowest BCUT2D eigenvalue weighted by Crippen LogP contribution is -2.42. The fourth-order valence-corrected chi connectivity index (χ4v) is 2.90. The minimum absolute atomic E-state index is 0.118. The maximum Gasteiger partial charge on any atom is 0.300 e. The molecule has 1 aliphatic heterocycles. The molecule has 2 aromatic carbocycles. The number of hydrogen-bond donors (Lipinski definition) is 4. The van der Waals surface area contributed by atoms with E-state index in [4.69, 9.17) is 9.90 Å². The first kappa shape index (κ1) is 21.9. The van der Waals surface area contributed by atoms with Gasteiger partial charge < -0.3 is 21.1 Å². The average molecular weight is 397 g/mol. The summed E-state index contributed by atoms with van der Waals surface area (Å²) in [6.45, 7) is 5.68. The quantitative estimate of drug-likeness (QED) is 0.621. The van der Waals surface area contributed by atoms with Crippen molar-refractivity contribution < 1.29 is 19.5 Å². The van der Waals surface area contributed by atoms with Gasteiger partial charge in [-0.1, -0.05) is 30.3 Å². The molecule has 1 heterocycles. The highest BCUT2D eigenvalue weighted by Crippen LogP contribution is 2.30. The minimum Gasteiger partial charge on any atom is -0.481 e. The molecule has 1 unspecified atom stereocenters. The number of carboxylic acid groups (broad SMARTS) is 1. The monoisotopic (exact) mass is 397 g/mol. The third-order valence-electron chi connectivity index (χ3n) is 4.51. The van der Waals surface area contributed by atoms with Crippen molar-refractivity contribution >= 4 is 29.2 Å². The zero-order valence-electron chi connectivity index (χ0n) is 16.9. The fourth-order valence-electron chi connectivity index (χ4n) is 2.90. The van der Waals surface area contributed by atoms with Crippen LogP contribution in [0.15, 0.2) is 42.5 Å². The summed E-state index contributed by atoms with van der Waals surface area (Å²) in [7, 11) is 0. The van der Waals surface area contributed by atoms with E-state index >= 15 is 0 Å². The van der Waals surface area contributed by atoms with Gasteiger partial charge in [0, 0.05) is 13.5 Å². The highest BCUT2D eigenvalue weighted by atomic mass is 16.4. The van der Waals surface area contributed by atoms with Crippen molar-refractivity contribution in [1.29, 1.82) is 0 Å². The molecule has 0 radical (unpaired) electrons. The predicted octanol–water partition coefficient (Wildman–Crippen LogP) is 2.88. The van der Waals surface area contributed by atoms with Gasteiger partial charge in [0.25, 0.3) is 5.97 Å². The second-order valence-corrected chi connectivity index (χ2v) is 6.98. The average Bonchev–Trinajstić information content (AvgIpc) is 2.64. The summed E-state index contributed by atoms with van der Waals surface area (Å²) in [5.41, 5.74) is 5.08.